The quantitative estimate of drug-likeness (QED) is 0.683. The Bertz CT molecular complexity index is 717. The molecule has 0 radical (unpaired) electrons. The highest BCUT2D eigenvalue weighted by molar-refractivity contribution is 5.25. The number of pyridine rings is 2. The molecule has 0 saturated heterocycles. The van der Waals surface area contributed by atoms with Gasteiger partial charge in [-0.25, -0.2) is 0 Å². The van der Waals surface area contributed by atoms with Crippen molar-refractivity contribution in [2.24, 2.45) is 0 Å². The number of hydrogen-bond acceptors (Lipinski definition) is 3. The van der Waals surface area contributed by atoms with E-state index in [2.05, 4.69) is 50.8 Å². The normalized spacial score (nSPS) is 15.8. The summed E-state index contributed by atoms with van der Waals surface area (Å²) >= 11 is 0. The predicted octanol–water partition coefficient (Wildman–Crippen LogP) is 5.55. The van der Waals surface area contributed by atoms with Gasteiger partial charge in [0.25, 0.3) is 0 Å². The second kappa shape index (κ2) is 8.77. The molecule has 3 nitrogen and oxygen atoms in total. The lowest BCUT2D eigenvalue weighted by Crippen LogP contribution is -2.36. The van der Waals surface area contributed by atoms with Gasteiger partial charge in [0.1, 0.15) is 0 Å². The fourth-order valence-electron chi connectivity index (χ4n) is 4.16. The minimum Gasteiger partial charge on any atom is -0.289 e. The van der Waals surface area contributed by atoms with Crippen LogP contribution in [-0.4, -0.2) is 20.9 Å². The van der Waals surface area contributed by atoms with Crippen LogP contribution in [0.4, 0.5) is 0 Å². The predicted molar refractivity (Wildman–Crippen MR) is 108 cm³/mol. The van der Waals surface area contributed by atoms with E-state index in [1.54, 1.807) is 0 Å². The molecule has 1 aliphatic carbocycles. The van der Waals surface area contributed by atoms with E-state index in [4.69, 9.17) is 9.97 Å². The van der Waals surface area contributed by atoms with E-state index < -0.39 is 0 Å². The molecule has 0 unspecified atom stereocenters. The van der Waals surface area contributed by atoms with Crippen molar-refractivity contribution in [2.75, 3.05) is 0 Å². The smallest absolute Gasteiger partial charge is 0.0578 e. The van der Waals surface area contributed by atoms with Gasteiger partial charge in [-0.15, -0.1) is 0 Å². The summed E-state index contributed by atoms with van der Waals surface area (Å²) in [5.41, 5.74) is 6.36. The van der Waals surface area contributed by atoms with Crippen LogP contribution >= 0.6 is 0 Å². The Kier molecular flexibility index (Phi) is 6.42. The first-order valence-electron chi connectivity index (χ1n) is 10.1. The molecule has 2 aromatic rings. The van der Waals surface area contributed by atoms with E-state index in [9.17, 15) is 0 Å². The molecule has 26 heavy (non-hydrogen) atoms. The number of aromatic nitrogens is 2. The topological polar surface area (TPSA) is 29.0 Å². The van der Waals surface area contributed by atoms with Crippen LogP contribution < -0.4 is 0 Å². The molecule has 0 N–H and O–H groups in total. The fourth-order valence-corrected chi connectivity index (χ4v) is 4.16. The molecule has 1 fully saturated rings. The highest BCUT2D eigenvalue weighted by Gasteiger charge is 2.24. The average Bonchev–Trinajstić information content (AvgIpc) is 2.64. The molecule has 140 valence electrons. The van der Waals surface area contributed by atoms with E-state index in [0.29, 0.717) is 12.0 Å². The van der Waals surface area contributed by atoms with E-state index in [-0.39, 0.29) is 0 Å². The summed E-state index contributed by atoms with van der Waals surface area (Å²) in [6.45, 7) is 10.7. The van der Waals surface area contributed by atoms with Crippen LogP contribution in [0.25, 0.3) is 0 Å². The molecule has 1 saturated carbocycles. The van der Waals surface area contributed by atoms with Crippen molar-refractivity contribution >= 4 is 0 Å². The first kappa shape index (κ1) is 19.0. The van der Waals surface area contributed by atoms with E-state index in [1.807, 2.05) is 12.4 Å². The van der Waals surface area contributed by atoms with Crippen molar-refractivity contribution in [1.29, 1.82) is 0 Å². The molecular weight excluding hydrogens is 318 g/mol. The number of rotatable bonds is 6. The molecule has 3 rings (SSSR count). The third-order valence-electron chi connectivity index (χ3n) is 5.67. The Morgan fingerprint density at radius 1 is 1.04 bits per heavy atom. The summed E-state index contributed by atoms with van der Waals surface area (Å²) in [5.74, 6) is 0.506. The lowest BCUT2D eigenvalue weighted by atomic mass is 9.93. The lowest BCUT2D eigenvalue weighted by Gasteiger charge is -2.34. The molecule has 0 spiro atoms. The van der Waals surface area contributed by atoms with Gasteiger partial charge in [0.15, 0.2) is 0 Å². The molecule has 0 aromatic carbocycles. The minimum atomic E-state index is 0.506. The third-order valence-corrected chi connectivity index (χ3v) is 5.67. The monoisotopic (exact) mass is 351 g/mol. The molecule has 2 heterocycles. The maximum Gasteiger partial charge on any atom is 0.0578 e. The van der Waals surface area contributed by atoms with Crippen LogP contribution in [0.5, 0.6) is 0 Å². The summed E-state index contributed by atoms with van der Waals surface area (Å²) in [7, 11) is 0. The van der Waals surface area contributed by atoms with Crippen LogP contribution in [0.3, 0.4) is 0 Å². The molecule has 3 heteroatoms. The van der Waals surface area contributed by atoms with Crippen LogP contribution in [-0.2, 0) is 13.1 Å². The van der Waals surface area contributed by atoms with Crippen LogP contribution in [0.2, 0.25) is 0 Å². The molecule has 1 aliphatic rings. The molecule has 0 aliphatic heterocycles. The maximum absolute atomic E-state index is 4.75. The van der Waals surface area contributed by atoms with Crippen molar-refractivity contribution in [3.05, 3.63) is 58.7 Å². The highest BCUT2D eigenvalue weighted by atomic mass is 15.2. The third kappa shape index (κ3) is 4.70. The summed E-state index contributed by atoms with van der Waals surface area (Å²) in [6, 6.07) is 7.20. The van der Waals surface area contributed by atoms with Crippen molar-refractivity contribution in [2.45, 2.75) is 84.8 Å². The van der Waals surface area contributed by atoms with Crippen molar-refractivity contribution in [3.8, 4) is 0 Å². The van der Waals surface area contributed by atoms with Gasteiger partial charge in [-0.1, -0.05) is 45.2 Å². The van der Waals surface area contributed by atoms with Gasteiger partial charge in [-0.05, 0) is 55.4 Å². The number of aryl methyl sites for hydroxylation is 2. The van der Waals surface area contributed by atoms with Gasteiger partial charge in [0.05, 0.1) is 11.4 Å². The molecular formula is C23H33N3. The van der Waals surface area contributed by atoms with Gasteiger partial charge in [0, 0.05) is 31.5 Å². The van der Waals surface area contributed by atoms with Crippen molar-refractivity contribution in [1.82, 2.24) is 14.9 Å². The zero-order chi connectivity index (χ0) is 18.5. The second-order valence-electron chi connectivity index (χ2n) is 8.17. The first-order chi connectivity index (χ1) is 12.5. The zero-order valence-corrected chi connectivity index (χ0v) is 16.8. The Morgan fingerprint density at radius 3 is 2.46 bits per heavy atom. The van der Waals surface area contributed by atoms with Gasteiger partial charge in [0.2, 0.25) is 0 Å². The Hall–Kier alpha value is -1.74. The SMILES string of the molecule is Cc1cnc(CN(Cc2ncccc2C(C)C)C2CCCCC2)c(C)c1. The Balaban J connectivity index is 1.86. The van der Waals surface area contributed by atoms with E-state index >= 15 is 0 Å². The average molecular weight is 352 g/mol. The highest BCUT2D eigenvalue weighted by Crippen LogP contribution is 2.27. The zero-order valence-electron chi connectivity index (χ0n) is 16.8. The summed E-state index contributed by atoms with van der Waals surface area (Å²) in [4.78, 5) is 12.1. The van der Waals surface area contributed by atoms with E-state index in [1.165, 1.54) is 60.2 Å². The molecule has 0 bridgehead atoms. The lowest BCUT2D eigenvalue weighted by molar-refractivity contribution is 0.136. The van der Waals surface area contributed by atoms with Gasteiger partial charge < -0.3 is 0 Å². The molecule has 2 aromatic heterocycles. The van der Waals surface area contributed by atoms with Crippen LogP contribution in [0, 0.1) is 13.8 Å². The Labute approximate surface area is 158 Å². The largest absolute Gasteiger partial charge is 0.289 e. The second-order valence-corrected chi connectivity index (χ2v) is 8.17. The minimum absolute atomic E-state index is 0.506. The van der Waals surface area contributed by atoms with Crippen molar-refractivity contribution < 1.29 is 0 Å². The summed E-state index contributed by atoms with van der Waals surface area (Å²) in [5, 5.41) is 0. The maximum atomic E-state index is 4.75. The standard InChI is InChI=1S/C23H33N3/c1-17(2)21-11-8-12-24-23(21)16-26(20-9-6-5-7-10-20)15-22-19(4)13-18(3)14-25-22/h8,11-14,17,20H,5-7,9-10,15-16H2,1-4H3. The Morgan fingerprint density at radius 2 is 1.77 bits per heavy atom. The number of nitrogens with zero attached hydrogens (tertiary/aromatic N) is 3. The number of hydrogen-bond donors (Lipinski definition) is 0. The van der Waals surface area contributed by atoms with Crippen LogP contribution in [0.1, 0.15) is 79.9 Å². The summed E-state index contributed by atoms with van der Waals surface area (Å²) in [6.07, 6.45) is 10.6. The van der Waals surface area contributed by atoms with Gasteiger partial charge in [-0.2, -0.15) is 0 Å². The fraction of sp³-hybridized carbons (Fsp3) is 0.565. The molecule has 0 atom stereocenters. The molecule has 0 amide bonds. The van der Waals surface area contributed by atoms with Crippen LogP contribution in [0.15, 0.2) is 30.6 Å². The van der Waals surface area contributed by atoms with Crippen molar-refractivity contribution in [3.63, 3.8) is 0 Å². The van der Waals surface area contributed by atoms with Gasteiger partial charge >= 0.3 is 0 Å². The first-order valence-corrected chi connectivity index (χ1v) is 10.1. The van der Waals surface area contributed by atoms with Gasteiger partial charge in [-0.3, -0.25) is 14.9 Å². The van der Waals surface area contributed by atoms with E-state index in [0.717, 1.165) is 13.1 Å². The summed E-state index contributed by atoms with van der Waals surface area (Å²) < 4.78 is 0.